The fraction of sp³-hybridized carbons (Fsp3) is 0.333. The van der Waals surface area contributed by atoms with E-state index in [-0.39, 0.29) is 11.6 Å². The van der Waals surface area contributed by atoms with Gasteiger partial charge in [0.1, 0.15) is 0 Å². The Hall–Kier alpha value is -2.48. The first kappa shape index (κ1) is 15.6. The van der Waals surface area contributed by atoms with E-state index in [1.165, 1.54) is 6.07 Å². The largest absolute Gasteiger partial charge is 0.478 e. The molecular weight excluding hydrogens is 256 g/mol. The molecule has 1 atom stereocenters. The van der Waals surface area contributed by atoms with Crippen LogP contribution in [0.3, 0.4) is 0 Å². The summed E-state index contributed by atoms with van der Waals surface area (Å²) >= 11 is 0. The van der Waals surface area contributed by atoms with Crippen molar-refractivity contribution in [3.63, 3.8) is 0 Å². The number of carbonyl (C=O) groups is 2. The van der Waals surface area contributed by atoms with Crippen LogP contribution >= 0.6 is 0 Å². The Balaban J connectivity index is 2.86. The van der Waals surface area contributed by atoms with Crippen molar-refractivity contribution in [2.75, 3.05) is 5.32 Å². The molecule has 5 heteroatoms. The smallest absolute Gasteiger partial charge is 0.336 e. The highest BCUT2D eigenvalue weighted by Gasteiger charge is 2.13. The number of hydrogen-bond donors (Lipinski definition) is 3. The zero-order valence-electron chi connectivity index (χ0n) is 11.8. The highest BCUT2D eigenvalue weighted by Crippen LogP contribution is 2.20. The number of nitrogens with one attached hydrogen (secondary N) is 2. The summed E-state index contributed by atoms with van der Waals surface area (Å²) in [4.78, 5) is 22.9. The van der Waals surface area contributed by atoms with Crippen molar-refractivity contribution in [1.29, 1.82) is 0 Å². The van der Waals surface area contributed by atoms with Gasteiger partial charge in [0.25, 0.3) is 0 Å². The predicted molar refractivity (Wildman–Crippen MR) is 77.9 cm³/mol. The van der Waals surface area contributed by atoms with Crippen LogP contribution in [-0.4, -0.2) is 23.1 Å². The van der Waals surface area contributed by atoms with Gasteiger partial charge in [0.2, 0.25) is 0 Å². The fourth-order valence-corrected chi connectivity index (χ4v) is 1.77. The van der Waals surface area contributed by atoms with Gasteiger partial charge >= 0.3 is 12.0 Å². The van der Waals surface area contributed by atoms with Crippen molar-refractivity contribution < 1.29 is 14.7 Å². The number of carboxylic acids is 1. The maximum Gasteiger partial charge on any atom is 0.336 e. The lowest BCUT2D eigenvalue weighted by atomic mass is 10.0. The molecule has 0 radical (unpaired) electrons. The molecule has 0 aromatic heterocycles. The summed E-state index contributed by atoms with van der Waals surface area (Å²) in [6.45, 7) is 5.33. The molecule has 3 N–H and O–H groups in total. The van der Waals surface area contributed by atoms with Crippen molar-refractivity contribution in [2.45, 2.75) is 33.2 Å². The Morgan fingerprint density at radius 3 is 2.60 bits per heavy atom. The van der Waals surface area contributed by atoms with Crippen molar-refractivity contribution >= 4 is 17.7 Å². The third-order valence-corrected chi connectivity index (χ3v) is 2.96. The van der Waals surface area contributed by atoms with Crippen molar-refractivity contribution in [3.05, 3.63) is 28.8 Å². The molecule has 0 saturated carbocycles. The lowest BCUT2D eigenvalue weighted by molar-refractivity contribution is 0.0696. The van der Waals surface area contributed by atoms with Gasteiger partial charge in [-0.25, -0.2) is 9.59 Å². The van der Waals surface area contributed by atoms with E-state index >= 15 is 0 Å². The van der Waals surface area contributed by atoms with E-state index < -0.39 is 12.0 Å². The third-order valence-electron chi connectivity index (χ3n) is 2.96. The summed E-state index contributed by atoms with van der Waals surface area (Å²) in [6.07, 6.45) is 5.59. The van der Waals surface area contributed by atoms with Gasteiger partial charge < -0.3 is 15.7 Å². The molecule has 0 heterocycles. The maximum atomic E-state index is 11.7. The Bertz CT molecular complexity index is 573. The molecular formula is C15H18N2O3. The van der Waals surface area contributed by atoms with E-state index in [9.17, 15) is 9.59 Å². The number of rotatable bonds is 4. The number of hydrogen-bond acceptors (Lipinski definition) is 2. The second-order valence-electron chi connectivity index (χ2n) is 4.68. The van der Waals surface area contributed by atoms with Crippen LogP contribution in [0.5, 0.6) is 0 Å². The SMILES string of the molecule is C#CCC(C)NC(=O)Nc1cc(C)c(C)c(C(=O)O)c1. The standard InChI is InChI=1S/C15H18N2O3/c1-5-6-10(3)16-15(20)17-12-7-9(2)11(4)13(8-12)14(18)19/h1,7-8,10H,6H2,2-4H3,(H,18,19)(H2,16,17,20). The second-order valence-corrected chi connectivity index (χ2v) is 4.68. The van der Waals surface area contributed by atoms with Crippen LogP contribution in [0.15, 0.2) is 12.1 Å². The molecule has 0 spiro atoms. The first-order valence-electron chi connectivity index (χ1n) is 6.20. The van der Waals surface area contributed by atoms with Gasteiger partial charge in [-0.05, 0) is 44.0 Å². The van der Waals surface area contributed by atoms with E-state index in [0.717, 1.165) is 5.56 Å². The first-order chi connectivity index (χ1) is 9.35. The Morgan fingerprint density at radius 2 is 2.05 bits per heavy atom. The van der Waals surface area contributed by atoms with Crippen molar-refractivity contribution in [3.8, 4) is 12.3 Å². The summed E-state index contributed by atoms with van der Waals surface area (Å²) in [5, 5.41) is 14.4. The van der Waals surface area contributed by atoms with E-state index in [1.54, 1.807) is 26.8 Å². The summed E-state index contributed by atoms with van der Waals surface area (Å²) < 4.78 is 0. The molecule has 0 saturated heterocycles. The lowest BCUT2D eigenvalue weighted by Crippen LogP contribution is -2.35. The number of amides is 2. The molecule has 0 aliphatic carbocycles. The molecule has 1 aromatic carbocycles. The minimum atomic E-state index is -1.02. The van der Waals surface area contributed by atoms with Gasteiger partial charge in [-0.2, -0.15) is 0 Å². The van der Waals surface area contributed by atoms with Crippen LogP contribution in [0.4, 0.5) is 10.5 Å². The number of urea groups is 1. The quantitative estimate of drug-likeness (QED) is 0.738. The number of aryl methyl sites for hydroxylation is 1. The van der Waals surface area contributed by atoms with E-state index in [1.807, 2.05) is 0 Å². The topological polar surface area (TPSA) is 78.4 Å². The van der Waals surface area contributed by atoms with Crippen LogP contribution in [0, 0.1) is 26.2 Å². The van der Waals surface area contributed by atoms with Gasteiger partial charge in [-0.1, -0.05) is 0 Å². The highest BCUT2D eigenvalue weighted by atomic mass is 16.4. The Kier molecular flexibility index (Phi) is 5.15. The van der Waals surface area contributed by atoms with E-state index in [4.69, 9.17) is 11.5 Å². The van der Waals surface area contributed by atoms with Crippen LogP contribution in [0.25, 0.3) is 0 Å². The molecule has 20 heavy (non-hydrogen) atoms. The second kappa shape index (κ2) is 6.62. The zero-order chi connectivity index (χ0) is 15.3. The summed E-state index contributed by atoms with van der Waals surface area (Å²) in [7, 11) is 0. The maximum absolute atomic E-state index is 11.7. The van der Waals surface area contributed by atoms with Gasteiger partial charge in [-0.3, -0.25) is 0 Å². The minimum Gasteiger partial charge on any atom is -0.478 e. The molecule has 0 fully saturated rings. The summed E-state index contributed by atoms with van der Waals surface area (Å²) in [6, 6.07) is 2.61. The predicted octanol–water partition coefficient (Wildman–Crippen LogP) is 2.53. The Morgan fingerprint density at radius 1 is 1.40 bits per heavy atom. The van der Waals surface area contributed by atoms with E-state index in [2.05, 4.69) is 16.6 Å². The molecule has 0 bridgehead atoms. The van der Waals surface area contributed by atoms with Gasteiger partial charge in [0, 0.05) is 18.2 Å². The summed E-state index contributed by atoms with van der Waals surface area (Å²) in [5.74, 6) is 1.44. The zero-order valence-corrected chi connectivity index (χ0v) is 11.8. The number of benzene rings is 1. The van der Waals surface area contributed by atoms with Crippen LogP contribution in [-0.2, 0) is 0 Å². The van der Waals surface area contributed by atoms with Crippen LogP contribution in [0.2, 0.25) is 0 Å². The lowest BCUT2D eigenvalue weighted by Gasteiger charge is -2.14. The van der Waals surface area contributed by atoms with Crippen molar-refractivity contribution in [2.24, 2.45) is 0 Å². The normalized spacial score (nSPS) is 11.3. The minimum absolute atomic E-state index is 0.148. The number of aromatic carboxylic acids is 1. The van der Waals surface area contributed by atoms with Gasteiger partial charge in [0.15, 0.2) is 0 Å². The monoisotopic (exact) mass is 274 g/mol. The van der Waals surface area contributed by atoms with Crippen molar-refractivity contribution in [1.82, 2.24) is 5.32 Å². The fourth-order valence-electron chi connectivity index (χ4n) is 1.77. The number of terminal acetylenes is 1. The highest BCUT2D eigenvalue weighted by molar-refractivity contribution is 5.94. The molecule has 1 rings (SSSR count). The average molecular weight is 274 g/mol. The first-order valence-corrected chi connectivity index (χ1v) is 6.20. The molecule has 106 valence electrons. The van der Waals surface area contributed by atoms with Crippen LogP contribution in [0.1, 0.15) is 34.8 Å². The average Bonchev–Trinajstić information content (AvgIpc) is 2.33. The molecule has 2 amide bonds. The van der Waals surface area contributed by atoms with Gasteiger partial charge in [-0.15, -0.1) is 12.3 Å². The Labute approximate surface area is 118 Å². The molecule has 5 nitrogen and oxygen atoms in total. The molecule has 0 aliphatic heterocycles. The molecule has 0 aliphatic rings. The van der Waals surface area contributed by atoms with Gasteiger partial charge in [0.05, 0.1) is 5.56 Å². The molecule has 1 unspecified atom stereocenters. The summed E-state index contributed by atoms with van der Waals surface area (Å²) in [5.41, 5.74) is 2.11. The molecule has 1 aromatic rings. The van der Waals surface area contributed by atoms with Crippen LogP contribution < -0.4 is 10.6 Å². The number of anilines is 1. The third kappa shape index (κ3) is 4.02. The number of carboxylic acid groups (broad SMARTS) is 1. The number of carbonyl (C=O) groups excluding carboxylic acids is 1. The van der Waals surface area contributed by atoms with E-state index in [0.29, 0.717) is 17.7 Å².